The standard InChI is InChI=1S/C62H121NO5/c1-3-5-7-9-11-13-15-17-19-20-21-22-23-24-25-26-27-28-30-34-38-42-46-50-54-60(65)59(58-64)63-61(66)55-51-47-43-39-35-31-29-33-37-41-45-49-53-57-68-62(67)56-52-48-44-40-36-32-18-16-14-12-10-8-6-4-2/h16,18,59-60,64-65H,3-15,17,19-58H2,1-2H3,(H,63,66)/b18-16-. The SMILES string of the molecule is CCCCCCC/C=C\CCCCCCCC(=O)OCCCCCCCCCCCCCCCC(=O)NC(CO)C(O)CCCCCCCCCCCCCCCCCCCCCCCCCC. The topological polar surface area (TPSA) is 95.9 Å². The number of amides is 1. The van der Waals surface area contributed by atoms with Gasteiger partial charge in [-0.3, -0.25) is 9.59 Å². The van der Waals surface area contributed by atoms with Crippen molar-refractivity contribution in [3.8, 4) is 0 Å². The molecule has 1 amide bonds. The number of ether oxygens (including phenoxy) is 1. The summed E-state index contributed by atoms with van der Waals surface area (Å²) < 4.78 is 5.47. The predicted molar refractivity (Wildman–Crippen MR) is 297 cm³/mol. The Morgan fingerprint density at radius 3 is 1.04 bits per heavy atom. The molecule has 0 aliphatic carbocycles. The molecule has 0 rings (SSSR count). The fourth-order valence-corrected chi connectivity index (χ4v) is 9.81. The molecule has 0 saturated heterocycles. The highest BCUT2D eigenvalue weighted by Gasteiger charge is 2.20. The second kappa shape index (κ2) is 58.2. The van der Waals surface area contributed by atoms with E-state index in [2.05, 4.69) is 31.3 Å². The Morgan fingerprint density at radius 1 is 0.397 bits per heavy atom. The predicted octanol–water partition coefficient (Wildman–Crippen LogP) is 19.2. The van der Waals surface area contributed by atoms with Gasteiger partial charge in [-0.25, -0.2) is 0 Å². The first-order valence-corrected chi connectivity index (χ1v) is 30.9. The van der Waals surface area contributed by atoms with E-state index in [0.717, 1.165) is 51.4 Å². The molecule has 0 fully saturated rings. The zero-order chi connectivity index (χ0) is 49.3. The number of aliphatic hydroxyl groups excluding tert-OH is 2. The minimum Gasteiger partial charge on any atom is -0.466 e. The summed E-state index contributed by atoms with van der Waals surface area (Å²) in [6.07, 6.45) is 69.3. The maximum absolute atomic E-state index is 12.5. The lowest BCUT2D eigenvalue weighted by molar-refractivity contribution is -0.143. The Balaban J connectivity index is 3.44. The van der Waals surface area contributed by atoms with Crippen molar-refractivity contribution >= 4 is 11.9 Å². The summed E-state index contributed by atoms with van der Waals surface area (Å²) >= 11 is 0. The van der Waals surface area contributed by atoms with Crippen LogP contribution in [-0.4, -0.2) is 47.4 Å². The Hall–Kier alpha value is -1.40. The first-order chi connectivity index (χ1) is 33.5. The molecule has 0 aliphatic rings. The molecule has 0 aromatic heterocycles. The average Bonchev–Trinajstić information content (AvgIpc) is 3.34. The second-order valence-electron chi connectivity index (χ2n) is 21.4. The van der Waals surface area contributed by atoms with Gasteiger partial charge in [0.05, 0.1) is 25.4 Å². The Labute approximate surface area is 425 Å². The minimum atomic E-state index is -0.674. The van der Waals surface area contributed by atoms with Crippen molar-refractivity contribution in [1.29, 1.82) is 0 Å². The van der Waals surface area contributed by atoms with Crippen molar-refractivity contribution in [2.75, 3.05) is 13.2 Å². The molecular weight excluding hydrogens is 839 g/mol. The number of rotatable bonds is 58. The first-order valence-electron chi connectivity index (χ1n) is 30.9. The number of hydrogen-bond donors (Lipinski definition) is 3. The van der Waals surface area contributed by atoms with Crippen molar-refractivity contribution in [3.63, 3.8) is 0 Å². The van der Waals surface area contributed by atoms with Crippen molar-refractivity contribution in [3.05, 3.63) is 12.2 Å². The number of nitrogens with one attached hydrogen (secondary N) is 1. The molecule has 0 aromatic carbocycles. The number of aliphatic hydroxyl groups is 2. The zero-order valence-electron chi connectivity index (χ0n) is 46.1. The lowest BCUT2D eigenvalue weighted by Gasteiger charge is -2.22. The highest BCUT2D eigenvalue weighted by atomic mass is 16.5. The van der Waals surface area contributed by atoms with E-state index in [9.17, 15) is 19.8 Å². The summed E-state index contributed by atoms with van der Waals surface area (Å²) in [4.78, 5) is 24.6. The van der Waals surface area contributed by atoms with Crippen molar-refractivity contribution in [1.82, 2.24) is 5.32 Å². The van der Waals surface area contributed by atoms with E-state index in [1.165, 1.54) is 263 Å². The van der Waals surface area contributed by atoms with Crippen LogP contribution in [0.25, 0.3) is 0 Å². The number of hydrogen-bond acceptors (Lipinski definition) is 5. The van der Waals surface area contributed by atoms with E-state index in [1.54, 1.807) is 0 Å². The van der Waals surface area contributed by atoms with Gasteiger partial charge >= 0.3 is 5.97 Å². The van der Waals surface area contributed by atoms with Crippen LogP contribution in [0.1, 0.15) is 348 Å². The molecule has 6 heteroatoms. The molecular formula is C62H121NO5. The number of esters is 1. The summed E-state index contributed by atoms with van der Waals surface area (Å²) in [5.74, 6) is -0.0566. The van der Waals surface area contributed by atoms with Crippen LogP contribution in [0.15, 0.2) is 12.2 Å². The van der Waals surface area contributed by atoms with Gasteiger partial charge in [-0.2, -0.15) is 0 Å². The van der Waals surface area contributed by atoms with Gasteiger partial charge in [0.15, 0.2) is 0 Å². The summed E-state index contributed by atoms with van der Waals surface area (Å²) in [6.45, 7) is 4.94. The van der Waals surface area contributed by atoms with Gasteiger partial charge in [0, 0.05) is 12.8 Å². The molecule has 0 spiro atoms. The Morgan fingerprint density at radius 2 is 0.691 bits per heavy atom. The Kier molecular flexibility index (Phi) is 57.0. The van der Waals surface area contributed by atoms with Gasteiger partial charge in [0.1, 0.15) is 0 Å². The lowest BCUT2D eigenvalue weighted by Crippen LogP contribution is -2.45. The summed E-state index contributed by atoms with van der Waals surface area (Å²) in [5.41, 5.74) is 0. The maximum Gasteiger partial charge on any atom is 0.305 e. The number of carbonyl (C=O) groups excluding carboxylic acids is 2. The summed E-state index contributed by atoms with van der Waals surface area (Å²) in [6, 6.07) is -0.552. The minimum absolute atomic E-state index is 0.0126. The van der Waals surface area contributed by atoms with E-state index < -0.39 is 12.1 Å². The number of allylic oxidation sites excluding steroid dienone is 2. The highest BCUT2D eigenvalue weighted by Crippen LogP contribution is 2.18. The molecule has 3 N–H and O–H groups in total. The third kappa shape index (κ3) is 53.9. The zero-order valence-corrected chi connectivity index (χ0v) is 46.1. The van der Waals surface area contributed by atoms with E-state index in [1.807, 2.05) is 0 Å². The van der Waals surface area contributed by atoms with E-state index >= 15 is 0 Å². The third-order valence-electron chi connectivity index (χ3n) is 14.6. The van der Waals surface area contributed by atoms with Crippen LogP contribution < -0.4 is 5.32 Å². The van der Waals surface area contributed by atoms with Crippen LogP contribution >= 0.6 is 0 Å². The van der Waals surface area contributed by atoms with Gasteiger partial charge < -0.3 is 20.3 Å². The van der Waals surface area contributed by atoms with Crippen LogP contribution in [0.5, 0.6) is 0 Å². The van der Waals surface area contributed by atoms with Crippen LogP contribution in [0.4, 0.5) is 0 Å². The lowest BCUT2D eigenvalue weighted by atomic mass is 10.0. The fraction of sp³-hybridized carbons (Fsp3) is 0.935. The molecule has 2 unspecified atom stereocenters. The largest absolute Gasteiger partial charge is 0.466 e. The van der Waals surface area contributed by atoms with E-state index in [0.29, 0.717) is 25.9 Å². The van der Waals surface area contributed by atoms with Gasteiger partial charge in [0.2, 0.25) is 5.91 Å². The van der Waals surface area contributed by atoms with E-state index in [-0.39, 0.29) is 18.5 Å². The van der Waals surface area contributed by atoms with Crippen molar-refractivity contribution in [2.24, 2.45) is 0 Å². The van der Waals surface area contributed by atoms with Crippen LogP contribution in [0, 0.1) is 0 Å². The molecule has 0 saturated carbocycles. The van der Waals surface area contributed by atoms with Crippen molar-refractivity contribution in [2.45, 2.75) is 360 Å². The number of carbonyl (C=O) groups is 2. The molecule has 6 nitrogen and oxygen atoms in total. The van der Waals surface area contributed by atoms with E-state index in [4.69, 9.17) is 4.74 Å². The van der Waals surface area contributed by atoms with Crippen molar-refractivity contribution < 1.29 is 24.5 Å². The van der Waals surface area contributed by atoms with Crippen LogP contribution in [0.2, 0.25) is 0 Å². The van der Waals surface area contributed by atoms with Gasteiger partial charge in [-0.1, -0.05) is 296 Å². The summed E-state index contributed by atoms with van der Waals surface area (Å²) in [5, 5.41) is 23.4. The quantitative estimate of drug-likeness (QED) is 0.0321. The fourth-order valence-electron chi connectivity index (χ4n) is 9.81. The van der Waals surface area contributed by atoms with Crippen LogP contribution in [-0.2, 0) is 14.3 Å². The molecule has 0 bridgehead atoms. The average molecular weight is 961 g/mol. The van der Waals surface area contributed by atoms with Gasteiger partial charge in [-0.05, 0) is 51.4 Å². The third-order valence-corrected chi connectivity index (χ3v) is 14.6. The molecule has 404 valence electrons. The van der Waals surface area contributed by atoms with Gasteiger partial charge in [-0.15, -0.1) is 0 Å². The summed E-state index contributed by atoms with van der Waals surface area (Å²) in [7, 11) is 0. The molecule has 0 aliphatic heterocycles. The molecule has 0 heterocycles. The normalized spacial score (nSPS) is 12.6. The molecule has 0 radical (unpaired) electrons. The first kappa shape index (κ1) is 66.6. The maximum atomic E-state index is 12.5. The van der Waals surface area contributed by atoms with Gasteiger partial charge in [0.25, 0.3) is 0 Å². The second-order valence-corrected chi connectivity index (χ2v) is 21.4. The Bertz CT molecular complexity index is 1020. The number of unbranched alkanes of at least 4 members (excludes halogenated alkanes) is 45. The highest BCUT2D eigenvalue weighted by molar-refractivity contribution is 5.76. The molecule has 0 aromatic rings. The molecule has 68 heavy (non-hydrogen) atoms. The van der Waals surface area contributed by atoms with Crippen LogP contribution in [0.3, 0.4) is 0 Å². The monoisotopic (exact) mass is 960 g/mol. The smallest absolute Gasteiger partial charge is 0.305 e. The molecule has 2 atom stereocenters.